The molecule has 2 bridgehead atoms. The maximum absolute atomic E-state index is 12.9. The normalized spacial score (nSPS) is 22.0. The summed E-state index contributed by atoms with van der Waals surface area (Å²) in [6, 6.07) is 4.42. The second-order valence-corrected chi connectivity index (χ2v) is 6.39. The highest BCUT2D eigenvalue weighted by atomic mass is 35.5. The highest BCUT2D eigenvalue weighted by Crippen LogP contribution is 2.38. The van der Waals surface area contributed by atoms with Gasteiger partial charge in [0.15, 0.2) is 11.5 Å². The third-order valence-electron chi connectivity index (χ3n) is 5.02. The first-order valence-corrected chi connectivity index (χ1v) is 8.48. The van der Waals surface area contributed by atoms with Crippen molar-refractivity contribution in [1.29, 1.82) is 0 Å². The fourth-order valence-corrected chi connectivity index (χ4v) is 3.89. The number of methoxy groups -OCH3 is 3. The molecular formula is C18H27ClN2O4. The molecule has 6 nitrogen and oxygen atoms in total. The van der Waals surface area contributed by atoms with Crippen molar-refractivity contribution in [3.05, 3.63) is 17.7 Å². The quantitative estimate of drug-likeness (QED) is 0.859. The van der Waals surface area contributed by atoms with E-state index in [0.29, 0.717) is 35.8 Å². The van der Waals surface area contributed by atoms with Crippen molar-refractivity contribution in [3.8, 4) is 17.2 Å². The second-order valence-electron chi connectivity index (χ2n) is 6.39. The number of benzene rings is 1. The van der Waals surface area contributed by atoms with E-state index < -0.39 is 0 Å². The first kappa shape index (κ1) is 19.7. The van der Waals surface area contributed by atoms with Gasteiger partial charge in [-0.05, 0) is 43.5 Å². The summed E-state index contributed by atoms with van der Waals surface area (Å²) < 4.78 is 16.1. The zero-order valence-corrected chi connectivity index (χ0v) is 15.9. The van der Waals surface area contributed by atoms with Crippen molar-refractivity contribution in [3.63, 3.8) is 0 Å². The molecule has 25 heavy (non-hydrogen) atoms. The largest absolute Gasteiger partial charge is 0.493 e. The molecule has 140 valence electrons. The molecule has 2 atom stereocenters. The van der Waals surface area contributed by atoms with Crippen LogP contribution in [0.4, 0.5) is 0 Å². The summed E-state index contributed by atoms with van der Waals surface area (Å²) in [6.07, 6.45) is 3.60. The van der Waals surface area contributed by atoms with Gasteiger partial charge in [-0.3, -0.25) is 4.79 Å². The molecule has 1 N–H and O–H groups in total. The van der Waals surface area contributed by atoms with Gasteiger partial charge < -0.3 is 24.4 Å². The highest BCUT2D eigenvalue weighted by Gasteiger charge is 2.37. The van der Waals surface area contributed by atoms with Crippen molar-refractivity contribution >= 4 is 18.3 Å². The van der Waals surface area contributed by atoms with Gasteiger partial charge in [-0.1, -0.05) is 0 Å². The predicted molar refractivity (Wildman–Crippen MR) is 98.2 cm³/mol. The number of rotatable bonds is 5. The Morgan fingerprint density at radius 1 is 1.08 bits per heavy atom. The van der Waals surface area contributed by atoms with E-state index >= 15 is 0 Å². The number of hydrogen-bond acceptors (Lipinski definition) is 5. The highest BCUT2D eigenvalue weighted by molar-refractivity contribution is 5.85. The van der Waals surface area contributed by atoms with Gasteiger partial charge in [0.1, 0.15) is 0 Å². The molecule has 0 aliphatic carbocycles. The van der Waals surface area contributed by atoms with E-state index in [0.717, 1.165) is 37.9 Å². The molecule has 0 spiro atoms. The number of nitrogens with one attached hydrogen (secondary N) is 1. The average Bonchev–Trinajstić information content (AvgIpc) is 2.86. The van der Waals surface area contributed by atoms with Gasteiger partial charge in [0.2, 0.25) is 11.7 Å². The van der Waals surface area contributed by atoms with Gasteiger partial charge in [0, 0.05) is 18.6 Å². The van der Waals surface area contributed by atoms with Crippen LogP contribution in [0.2, 0.25) is 0 Å². The Bertz CT molecular complexity index is 572. The van der Waals surface area contributed by atoms with Crippen LogP contribution in [0.25, 0.3) is 0 Å². The zero-order chi connectivity index (χ0) is 17.1. The van der Waals surface area contributed by atoms with Gasteiger partial charge in [-0.2, -0.15) is 0 Å². The summed E-state index contributed by atoms with van der Waals surface area (Å²) in [5.41, 5.74) is 0.881. The van der Waals surface area contributed by atoms with Crippen molar-refractivity contribution in [1.82, 2.24) is 10.2 Å². The van der Waals surface area contributed by atoms with Gasteiger partial charge in [0.25, 0.3) is 0 Å². The molecule has 2 fully saturated rings. The van der Waals surface area contributed by atoms with Crippen molar-refractivity contribution < 1.29 is 19.0 Å². The number of halogens is 1. The lowest BCUT2D eigenvalue weighted by Gasteiger charge is -2.28. The van der Waals surface area contributed by atoms with Gasteiger partial charge >= 0.3 is 0 Å². The molecule has 1 aromatic carbocycles. The molecule has 3 rings (SSSR count). The average molecular weight is 371 g/mol. The lowest BCUT2D eigenvalue weighted by atomic mass is 10.1. The maximum atomic E-state index is 12.9. The molecule has 2 unspecified atom stereocenters. The monoisotopic (exact) mass is 370 g/mol. The summed E-state index contributed by atoms with van der Waals surface area (Å²) in [7, 11) is 4.75. The van der Waals surface area contributed by atoms with Gasteiger partial charge in [-0.15, -0.1) is 12.4 Å². The molecule has 1 amide bonds. The molecule has 2 saturated heterocycles. The van der Waals surface area contributed by atoms with E-state index in [9.17, 15) is 4.79 Å². The van der Waals surface area contributed by atoms with Crippen LogP contribution < -0.4 is 19.5 Å². The Labute approximate surface area is 155 Å². The number of fused-ring (bicyclic) bond motifs is 2. The van der Waals surface area contributed by atoms with Crippen molar-refractivity contribution in [2.75, 3.05) is 34.4 Å². The van der Waals surface area contributed by atoms with E-state index in [2.05, 4.69) is 10.2 Å². The standard InChI is InChI=1S/C18H26N2O4.ClH/c1-22-15-8-12(9-16(23-2)18(15)24-3)10-17(21)20-13-4-5-14(20)11-19-7-6-13;/h8-9,13-14,19H,4-7,10-11H2,1-3H3;1H. The summed E-state index contributed by atoms with van der Waals surface area (Å²) in [6.45, 7) is 1.90. The number of ether oxygens (including phenoxy) is 3. The topological polar surface area (TPSA) is 60.0 Å². The molecule has 2 aliphatic heterocycles. The molecule has 2 aliphatic rings. The van der Waals surface area contributed by atoms with Crippen LogP contribution in [0, 0.1) is 0 Å². The minimum Gasteiger partial charge on any atom is -0.493 e. The van der Waals surface area contributed by atoms with Gasteiger partial charge in [-0.25, -0.2) is 0 Å². The Morgan fingerprint density at radius 2 is 1.72 bits per heavy atom. The third kappa shape index (κ3) is 3.96. The lowest BCUT2D eigenvalue weighted by Crippen LogP contribution is -2.43. The SMILES string of the molecule is COc1cc(CC(=O)N2C3CCNCC2CC3)cc(OC)c1OC.Cl. The number of nitrogens with zero attached hydrogens (tertiary/aromatic N) is 1. The van der Waals surface area contributed by atoms with E-state index in [1.807, 2.05) is 12.1 Å². The first-order valence-electron chi connectivity index (χ1n) is 8.48. The Kier molecular flexibility index (Phi) is 6.79. The molecule has 2 heterocycles. The molecule has 0 saturated carbocycles. The lowest BCUT2D eigenvalue weighted by molar-refractivity contribution is -0.133. The molecule has 0 radical (unpaired) electrons. The number of hydrogen-bond donors (Lipinski definition) is 1. The van der Waals surface area contributed by atoms with Crippen LogP contribution >= 0.6 is 12.4 Å². The van der Waals surface area contributed by atoms with Crippen LogP contribution in [0.1, 0.15) is 24.8 Å². The number of carbonyl (C=O) groups is 1. The minimum absolute atomic E-state index is 0. The van der Waals surface area contributed by atoms with Crippen LogP contribution in [0.15, 0.2) is 12.1 Å². The first-order chi connectivity index (χ1) is 11.7. The summed E-state index contributed by atoms with van der Waals surface area (Å²) in [4.78, 5) is 15.0. The summed E-state index contributed by atoms with van der Waals surface area (Å²) in [5.74, 6) is 1.90. The second kappa shape index (κ2) is 8.63. The Balaban J connectivity index is 0.00000225. The van der Waals surface area contributed by atoms with Crippen molar-refractivity contribution in [2.45, 2.75) is 37.8 Å². The number of amides is 1. The summed E-state index contributed by atoms with van der Waals surface area (Å²) >= 11 is 0. The van der Waals surface area contributed by atoms with Crippen LogP contribution in [0.5, 0.6) is 17.2 Å². The van der Waals surface area contributed by atoms with E-state index in [1.54, 1.807) is 21.3 Å². The Morgan fingerprint density at radius 3 is 2.32 bits per heavy atom. The van der Waals surface area contributed by atoms with Crippen LogP contribution in [-0.4, -0.2) is 57.3 Å². The van der Waals surface area contributed by atoms with Gasteiger partial charge in [0.05, 0.1) is 27.8 Å². The smallest absolute Gasteiger partial charge is 0.227 e. The van der Waals surface area contributed by atoms with Crippen LogP contribution in [0.3, 0.4) is 0 Å². The van der Waals surface area contributed by atoms with Crippen LogP contribution in [-0.2, 0) is 11.2 Å². The molecule has 1 aromatic rings. The zero-order valence-electron chi connectivity index (χ0n) is 15.0. The fourth-order valence-electron chi connectivity index (χ4n) is 3.89. The molecular weight excluding hydrogens is 344 g/mol. The van der Waals surface area contributed by atoms with E-state index in [1.165, 1.54) is 0 Å². The predicted octanol–water partition coefficient (Wildman–Crippen LogP) is 2.03. The third-order valence-corrected chi connectivity index (χ3v) is 5.02. The van der Waals surface area contributed by atoms with E-state index in [4.69, 9.17) is 14.2 Å². The van der Waals surface area contributed by atoms with E-state index in [-0.39, 0.29) is 18.3 Å². The number of carbonyl (C=O) groups excluding carboxylic acids is 1. The molecule has 0 aromatic heterocycles. The Hall–Kier alpha value is -1.66. The minimum atomic E-state index is 0. The van der Waals surface area contributed by atoms with Crippen molar-refractivity contribution in [2.24, 2.45) is 0 Å². The molecule has 7 heteroatoms. The summed E-state index contributed by atoms with van der Waals surface area (Å²) in [5, 5.41) is 3.43. The maximum Gasteiger partial charge on any atom is 0.227 e. The fraction of sp³-hybridized carbons (Fsp3) is 0.611.